The van der Waals surface area contributed by atoms with Crippen molar-refractivity contribution in [1.82, 2.24) is 25.2 Å². The average Bonchev–Trinajstić information content (AvgIpc) is 2.67. The molecular formula is C13H17N5O. The first-order valence-corrected chi connectivity index (χ1v) is 6.55. The van der Waals surface area contributed by atoms with E-state index in [4.69, 9.17) is 0 Å². The number of nitrogens with zero attached hydrogens (tertiary/aromatic N) is 4. The van der Waals surface area contributed by atoms with Crippen molar-refractivity contribution < 1.29 is 4.79 Å². The minimum absolute atomic E-state index is 0.0799. The summed E-state index contributed by atoms with van der Waals surface area (Å²) < 4.78 is 1.71. The number of aryl methyl sites for hydroxylation is 1. The first-order chi connectivity index (χ1) is 9.25. The quantitative estimate of drug-likeness (QED) is 0.805. The minimum Gasteiger partial charge on any atom is -0.337 e. The van der Waals surface area contributed by atoms with Crippen LogP contribution in [0.15, 0.2) is 18.2 Å². The molecule has 1 saturated heterocycles. The van der Waals surface area contributed by atoms with Crippen molar-refractivity contribution in [3.8, 4) is 0 Å². The highest BCUT2D eigenvalue weighted by molar-refractivity contribution is 5.97. The molecule has 1 aromatic carbocycles. The van der Waals surface area contributed by atoms with Gasteiger partial charge < -0.3 is 10.2 Å². The molecule has 6 heteroatoms. The lowest BCUT2D eigenvalue weighted by Gasteiger charge is -2.19. The summed E-state index contributed by atoms with van der Waals surface area (Å²) in [5, 5.41) is 11.3. The fraction of sp³-hybridized carbons (Fsp3) is 0.462. The first-order valence-electron chi connectivity index (χ1n) is 6.55. The van der Waals surface area contributed by atoms with Crippen LogP contribution in [0.5, 0.6) is 0 Å². The molecular weight excluding hydrogens is 242 g/mol. The molecule has 100 valence electrons. The zero-order valence-corrected chi connectivity index (χ0v) is 11.0. The first kappa shape index (κ1) is 12.1. The van der Waals surface area contributed by atoms with Crippen molar-refractivity contribution in [3.63, 3.8) is 0 Å². The molecule has 1 aliphatic heterocycles. The number of hydrogen-bond donors (Lipinski definition) is 1. The number of carbonyl (C=O) groups excluding carboxylic acids is 1. The number of benzene rings is 1. The van der Waals surface area contributed by atoms with Gasteiger partial charge in [0.2, 0.25) is 0 Å². The van der Waals surface area contributed by atoms with Gasteiger partial charge in [-0.05, 0) is 31.2 Å². The van der Waals surface area contributed by atoms with Gasteiger partial charge in [0.1, 0.15) is 5.52 Å². The Morgan fingerprint density at radius 2 is 2.21 bits per heavy atom. The van der Waals surface area contributed by atoms with Crippen LogP contribution in [0.2, 0.25) is 0 Å². The van der Waals surface area contributed by atoms with Gasteiger partial charge in [-0.15, -0.1) is 5.10 Å². The lowest BCUT2D eigenvalue weighted by atomic mass is 10.1. The van der Waals surface area contributed by atoms with Crippen LogP contribution in [0.1, 0.15) is 16.8 Å². The van der Waals surface area contributed by atoms with E-state index in [1.54, 1.807) is 4.68 Å². The molecule has 19 heavy (non-hydrogen) atoms. The Bertz CT molecular complexity index is 598. The summed E-state index contributed by atoms with van der Waals surface area (Å²) in [6.07, 6.45) is 0.999. The predicted molar refractivity (Wildman–Crippen MR) is 71.9 cm³/mol. The molecule has 0 unspecified atom stereocenters. The Labute approximate surface area is 111 Å². The van der Waals surface area contributed by atoms with E-state index < -0.39 is 0 Å². The summed E-state index contributed by atoms with van der Waals surface area (Å²) in [4.78, 5) is 14.3. The predicted octanol–water partition coefficient (Wildman–Crippen LogP) is 0.404. The third-order valence-electron chi connectivity index (χ3n) is 3.48. The second-order valence-electron chi connectivity index (χ2n) is 4.81. The fourth-order valence-electron chi connectivity index (χ4n) is 2.41. The van der Waals surface area contributed by atoms with Gasteiger partial charge in [0.05, 0.1) is 5.52 Å². The Morgan fingerprint density at radius 3 is 3.11 bits per heavy atom. The van der Waals surface area contributed by atoms with Crippen LogP contribution in [0.3, 0.4) is 0 Å². The molecule has 1 N–H and O–H groups in total. The van der Waals surface area contributed by atoms with Crippen LogP contribution in [0.4, 0.5) is 0 Å². The molecule has 0 bridgehead atoms. The van der Waals surface area contributed by atoms with E-state index in [9.17, 15) is 4.79 Å². The zero-order chi connectivity index (χ0) is 13.2. The summed E-state index contributed by atoms with van der Waals surface area (Å²) in [5.41, 5.74) is 2.39. The van der Waals surface area contributed by atoms with E-state index in [2.05, 4.69) is 15.6 Å². The van der Waals surface area contributed by atoms with E-state index in [1.165, 1.54) is 0 Å². The molecule has 1 aliphatic rings. The maximum Gasteiger partial charge on any atom is 0.253 e. The lowest BCUT2D eigenvalue weighted by molar-refractivity contribution is 0.0766. The third kappa shape index (κ3) is 2.31. The van der Waals surface area contributed by atoms with Crippen LogP contribution in [-0.4, -0.2) is 52.0 Å². The smallest absolute Gasteiger partial charge is 0.253 e. The molecule has 1 fully saturated rings. The molecule has 0 aliphatic carbocycles. The monoisotopic (exact) mass is 259 g/mol. The second-order valence-corrected chi connectivity index (χ2v) is 4.81. The van der Waals surface area contributed by atoms with Crippen LogP contribution >= 0.6 is 0 Å². The van der Waals surface area contributed by atoms with E-state index in [0.717, 1.165) is 43.6 Å². The lowest BCUT2D eigenvalue weighted by Crippen LogP contribution is -2.34. The van der Waals surface area contributed by atoms with E-state index in [-0.39, 0.29) is 5.91 Å². The van der Waals surface area contributed by atoms with Gasteiger partial charge in [0, 0.05) is 32.2 Å². The molecule has 1 amide bonds. The van der Waals surface area contributed by atoms with Gasteiger partial charge in [-0.1, -0.05) is 5.21 Å². The topological polar surface area (TPSA) is 63.1 Å². The highest BCUT2D eigenvalue weighted by atomic mass is 16.2. The van der Waals surface area contributed by atoms with Crippen LogP contribution < -0.4 is 5.32 Å². The highest BCUT2D eigenvalue weighted by Crippen LogP contribution is 2.14. The van der Waals surface area contributed by atoms with Crippen LogP contribution in [-0.2, 0) is 7.05 Å². The largest absolute Gasteiger partial charge is 0.337 e. The number of carbonyl (C=O) groups is 1. The summed E-state index contributed by atoms with van der Waals surface area (Å²) in [7, 11) is 1.84. The average molecular weight is 259 g/mol. The summed E-state index contributed by atoms with van der Waals surface area (Å²) >= 11 is 0. The van der Waals surface area contributed by atoms with Crippen molar-refractivity contribution in [1.29, 1.82) is 0 Å². The van der Waals surface area contributed by atoms with E-state index in [0.29, 0.717) is 5.56 Å². The van der Waals surface area contributed by atoms with Gasteiger partial charge in [-0.25, -0.2) is 4.68 Å². The summed E-state index contributed by atoms with van der Waals surface area (Å²) in [6.45, 7) is 3.41. The normalized spacial score (nSPS) is 16.6. The van der Waals surface area contributed by atoms with E-state index >= 15 is 0 Å². The van der Waals surface area contributed by atoms with Crippen molar-refractivity contribution in [2.45, 2.75) is 6.42 Å². The van der Waals surface area contributed by atoms with Gasteiger partial charge in [0.25, 0.3) is 5.91 Å². The Morgan fingerprint density at radius 1 is 1.32 bits per heavy atom. The zero-order valence-electron chi connectivity index (χ0n) is 11.0. The Balaban J connectivity index is 1.88. The minimum atomic E-state index is 0.0799. The molecule has 0 saturated carbocycles. The maximum absolute atomic E-state index is 12.4. The second kappa shape index (κ2) is 4.97. The molecule has 2 heterocycles. The maximum atomic E-state index is 12.4. The number of amides is 1. The van der Waals surface area contributed by atoms with Gasteiger partial charge in [0.15, 0.2) is 0 Å². The fourth-order valence-corrected chi connectivity index (χ4v) is 2.41. The Hall–Kier alpha value is -1.95. The van der Waals surface area contributed by atoms with Crippen molar-refractivity contribution in [2.24, 2.45) is 7.05 Å². The number of aromatic nitrogens is 3. The molecule has 0 radical (unpaired) electrons. The molecule has 6 nitrogen and oxygen atoms in total. The SMILES string of the molecule is Cn1nnc2cc(C(=O)N3CCCNCC3)ccc21. The molecule has 0 atom stereocenters. The number of nitrogens with one attached hydrogen (secondary N) is 1. The standard InChI is InChI=1S/C13H17N5O/c1-17-12-4-3-10(9-11(12)15-16-17)13(19)18-7-2-5-14-6-8-18/h3-4,9,14H,2,5-8H2,1H3. The molecule has 3 rings (SSSR count). The van der Waals surface area contributed by atoms with Gasteiger partial charge in [-0.2, -0.15) is 0 Å². The van der Waals surface area contributed by atoms with Crippen molar-refractivity contribution in [3.05, 3.63) is 23.8 Å². The third-order valence-corrected chi connectivity index (χ3v) is 3.48. The number of rotatable bonds is 1. The van der Waals surface area contributed by atoms with Crippen LogP contribution in [0, 0.1) is 0 Å². The number of fused-ring (bicyclic) bond motifs is 1. The van der Waals surface area contributed by atoms with Crippen LogP contribution in [0.25, 0.3) is 11.0 Å². The van der Waals surface area contributed by atoms with E-state index in [1.807, 2.05) is 30.1 Å². The highest BCUT2D eigenvalue weighted by Gasteiger charge is 2.17. The summed E-state index contributed by atoms with van der Waals surface area (Å²) in [6, 6.07) is 5.58. The van der Waals surface area contributed by atoms with Crippen molar-refractivity contribution >= 4 is 16.9 Å². The van der Waals surface area contributed by atoms with Gasteiger partial charge >= 0.3 is 0 Å². The molecule has 0 spiro atoms. The Kier molecular flexibility index (Phi) is 3.16. The molecule has 2 aromatic rings. The number of hydrogen-bond acceptors (Lipinski definition) is 4. The van der Waals surface area contributed by atoms with Gasteiger partial charge in [-0.3, -0.25) is 4.79 Å². The molecule has 1 aromatic heterocycles. The summed E-state index contributed by atoms with van der Waals surface area (Å²) in [5.74, 6) is 0.0799. The van der Waals surface area contributed by atoms with Crippen molar-refractivity contribution in [2.75, 3.05) is 26.2 Å².